The zero-order chi connectivity index (χ0) is 20.1. The second kappa shape index (κ2) is 9.05. The summed E-state index contributed by atoms with van der Waals surface area (Å²) in [5, 5.41) is 12.6. The van der Waals surface area contributed by atoms with Crippen molar-refractivity contribution in [1.29, 1.82) is 5.26 Å². The summed E-state index contributed by atoms with van der Waals surface area (Å²) in [6.45, 7) is 6.33. The van der Waals surface area contributed by atoms with E-state index in [0.717, 1.165) is 42.8 Å². The molecular formula is C22H28N4O2. The molecular weight excluding hydrogens is 352 g/mol. The van der Waals surface area contributed by atoms with Gasteiger partial charge in [-0.1, -0.05) is 30.3 Å². The number of amides is 1. The molecule has 148 valence electrons. The number of carbonyl (C=O) groups is 1. The van der Waals surface area contributed by atoms with Gasteiger partial charge in [0.2, 0.25) is 5.91 Å². The lowest BCUT2D eigenvalue weighted by atomic mass is 10.2. The van der Waals surface area contributed by atoms with Gasteiger partial charge in [-0.3, -0.25) is 9.69 Å². The van der Waals surface area contributed by atoms with Gasteiger partial charge in [-0.2, -0.15) is 5.26 Å². The molecule has 0 bridgehead atoms. The van der Waals surface area contributed by atoms with E-state index in [1.807, 2.05) is 60.7 Å². The molecule has 1 saturated heterocycles. The van der Waals surface area contributed by atoms with E-state index in [9.17, 15) is 10.1 Å². The van der Waals surface area contributed by atoms with E-state index in [-0.39, 0.29) is 18.6 Å². The van der Waals surface area contributed by atoms with Crippen LogP contribution in [0.4, 0.5) is 5.82 Å². The highest BCUT2D eigenvalue weighted by molar-refractivity contribution is 5.93. The number of hydrogen-bond acceptors (Lipinski definition) is 4. The molecule has 1 aliphatic rings. The molecule has 0 radical (unpaired) electrons. The Balaban J connectivity index is 1.75. The standard InChI is InChI=1S/C22H28N4O2/c1-16-17(2)26(13-18-8-5-4-6-9-18)22(20(16)12-23)24-21(27)15-25(3)14-19-10-7-11-28-19/h4-6,8-9,19H,7,10-11,13-15H2,1-3H3,(H,24,27). The van der Waals surface area contributed by atoms with Crippen LogP contribution in [0.15, 0.2) is 30.3 Å². The summed E-state index contributed by atoms with van der Waals surface area (Å²) in [6, 6.07) is 12.3. The lowest BCUT2D eigenvalue weighted by Gasteiger charge is -2.20. The van der Waals surface area contributed by atoms with Crippen molar-refractivity contribution in [2.24, 2.45) is 0 Å². The number of nitrogens with one attached hydrogen (secondary N) is 1. The largest absolute Gasteiger partial charge is 0.377 e. The van der Waals surface area contributed by atoms with Crippen LogP contribution in [-0.2, 0) is 16.1 Å². The molecule has 6 nitrogen and oxygen atoms in total. The first-order valence-electron chi connectivity index (χ1n) is 9.73. The summed E-state index contributed by atoms with van der Waals surface area (Å²) in [5.74, 6) is 0.459. The first kappa shape index (κ1) is 20.1. The third kappa shape index (κ3) is 4.61. The summed E-state index contributed by atoms with van der Waals surface area (Å²) in [7, 11) is 1.92. The molecule has 3 rings (SSSR count). The minimum atomic E-state index is -0.121. The lowest BCUT2D eigenvalue weighted by Crippen LogP contribution is -2.35. The normalized spacial score (nSPS) is 16.3. The van der Waals surface area contributed by atoms with Gasteiger partial charge in [-0.25, -0.2) is 0 Å². The van der Waals surface area contributed by atoms with Gasteiger partial charge in [0.15, 0.2) is 0 Å². The van der Waals surface area contributed by atoms with Crippen molar-refractivity contribution < 1.29 is 9.53 Å². The van der Waals surface area contributed by atoms with Crippen molar-refractivity contribution in [3.05, 3.63) is 52.7 Å². The Kier molecular flexibility index (Phi) is 6.50. The van der Waals surface area contributed by atoms with E-state index in [0.29, 0.717) is 17.9 Å². The number of aromatic nitrogens is 1. The first-order chi connectivity index (χ1) is 13.5. The van der Waals surface area contributed by atoms with E-state index in [1.54, 1.807) is 0 Å². The molecule has 0 aliphatic carbocycles. The predicted octanol–water partition coefficient (Wildman–Crippen LogP) is 3.07. The van der Waals surface area contributed by atoms with Crippen LogP contribution in [0.25, 0.3) is 0 Å². The van der Waals surface area contributed by atoms with Crippen LogP contribution in [0.3, 0.4) is 0 Å². The topological polar surface area (TPSA) is 70.3 Å². The maximum atomic E-state index is 12.7. The molecule has 0 saturated carbocycles. The Hall–Kier alpha value is -2.62. The van der Waals surface area contributed by atoms with E-state index < -0.39 is 0 Å². The number of likely N-dealkylation sites (N-methyl/N-ethyl adjacent to an activating group) is 1. The summed E-state index contributed by atoms with van der Waals surface area (Å²) in [5.41, 5.74) is 3.55. The van der Waals surface area contributed by atoms with Crippen molar-refractivity contribution >= 4 is 11.7 Å². The number of hydrogen-bond donors (Lipinski definition) is 1. The van der Waals surface area contributed by atoms with Gasteiger partial charge < -0.3 is 14.6 Å². The highest BCUT2D eigenvalue weighted by atomic mass is 16.5. The molecule has 1 aromatic carbocycles. The Morgan fingerprint density at radius 2 is 2.11 bits per heavy atom. The molecule has 1 unspecified atom stereocenters. The molecule has 0 spiro atoms. The van der Waals surface area contributed by atoms with Crippen molar-refractivity contribution in [2.45, 2.75) is 39.3 Å². The molecule has 1 N–H and O–H groups in total. The fraction of sp³-hybridized carbons (Fsp3) is 0.455. The fourth-order valence-electron chi connectivity index (χ4n) is 3.71. The smallest absolute Gasteiger partial charge is 0.239 e. The molecule has 1 aromatic heterocycles. The number of nitrogens with zero attached hydrogens (tertiary/aromatic N) is 3. The SMILES string of the molecule is Cc1c(C#N)c(NC(=O)CN(C)CC2CCCO2)n(Cc2ccccc2)c1C. The third-order valence-electron chi connectivity index (χ3n) is 5.34. The molecule has 1 atom stereocenters. The van der Waals surface area contributed by atoms with Crippen LogP contribution in [0, 0.1) is 25.2 Å². The third-order valence-corrected chi connectivity index (χ3v) is 5.34. The highest BCUT2D eigenvalue weighted by Gasteiger charge is 2.22. The number of benzene rings is 1. The molecule has 2 aromatic rings. The summed E-state index contributed by atoms with van der Waals surface area (Å²) in [6.07, 6.45) is 2.34. The van der Waals surface area contributed by atoms with E-state index in [1.165, 1.54) is 0 Å². The monoisotopic (exact) mass is 380 g/mol. The molecule has 28 heavy (non-hydrogen) atoms. The van der Waals surface area contributed by atoms with Crippen molar-refractivity contribution in [3.63, 3.8) is 0 Å². The van der Waals surface area contributed by atoms with Gasteiger partial charge in [0, 0.05) is 25.4 Å². The predicted molar refractivity (Wildman–Crippen MR) is 109 cm³/mol. The maximum Gasteiger partial charge on any atom is 0.239 e. The number of ether oxygens (including phenoxy) is 1. The zero-order valence-electron chi connectivity index (χ0n) is 16.9. The summed E-state index contributed by atoms with van der Waals surface area (Å²) < 4.78 is 7.66. The maximum absolute atomic E-state index is 12.7. The first-order valence-corrected chi connectivity index (χ1v) is 9.73. The van der Waals surface area contributed by atoms with Crippen molar-refractivity contribution in [1.82, 2.24) is 9.47 Å². The minimum Gasteiger partial charge on any atom is -0.377 e. The highest BCUT2D eigenvalue weighted by Crippen LogP contribution is 2.27. The molecule has 6 heteroatoms. The minimum absolute atomic E-state index is 0.121. The van der Waals surface area contributed by atoms with E-state index >= 15 is 0 Å². The van der Waals surface area contributed by atoms with Gasteiger partial charge in [-0.15, -0.1) is 0 Å². The van der Waals surface area contributed by atoms with Gasteiger partial charge in [0.05, 0.1) is 18.2 Å². The fourth-order valence-corrected chi connectivity index (χ4v) is 3.71. The molecule has 1 aliphatic heterocycles. The lowest BCUT2D eigenvalue weighted by molar-refractivity contribution is -0.117. The van der Waals surface area contributed by atoms with Crippen LogP contribution in [-0.4, -0.2) is 48.2 Å². The van der Waals surface area contributed by atoms with Gasteiger partial charge in [-0.05, 0) is 44.9 Å². The second-order valence-corrected chi connectivity index (χ2v) is 7.50. The van der Waals surface area contributed by atoms with Gasteiger partial charge >= 0.3 is 0 Å². The second-order valence-electron chi connectivity index (χ2n) is 7.50. The van der Waals surface area contributed by atoms with Gasteiger partial charge in [0.1, 0.15) is 11.9 Å². The Labute approximate surface area is 166 Å². The van der Waals surface area contributed by atoms with Crippen LogP contribution >= 0.6 is 0 Å². The van der Waals surface area contributed by atoms with Gasteiger partial charge in [0.25, 0.3) is 0 Å². The number of nitriles is 1. The molecule has 1 amide bonds. The van der Waals surface area contributed by atoms with Crippen LogP contribution < -0.4 is 5.32 Å². The summed E-state index contributed by atoms with van der Waals surface area (Å²) >= 11 is 0. The number of anilines is 1. The Morgan fingerprint density at radius 3 is 2.75 bits per heavy atom. The van der Waals surface area contributed by atoms with Crippen LogP contribution in [0.5, 0.6) is 0 Å². The average Bonchev–Trinajstić information content (AvgIpc) is 3.25. The number of rotatable bonds is 7. The molecule has 1 fully saturated rings. The van der Waals surface area contributed by atoms with E-state index in [4.69, 9.17) is 4.74 Å². The summed E-state index contributed by atoms with van der Waals surface area (Å²) in [4.78, 5) is 14.6. The van der Waals surface area contributed by atoms with Crippen LogP contribution in [0.2, 0.25) is 0 Å². The van der Waals surface area contributed by atoms with Crippen molar-refractivity contribution in [3.8, 4) is 6.07 Å². The average molecular weight is 380 g/mol. The Bertz CT molecular complexity index is 861. The Morgan fingerprint density at radius 1 is 1.36 bits per heavy atom. The molecule has 2 heterocycles. The quantitative estimate of drug-likeness (QED) is 0.801. The number of carbonyl (C=O) groups excluding carboxylic acids is 1. The van der Waals surface area contributed by atoms with Crippen molar-refractivity contribution in [2.75, 3.05) is 32.1 Å². The van der Waals surface area contributed by atoms with Crippen LogP contribution in [0.1, 0.15) is 35.2 Å². The zero-order valence-corrected chi connectivity index (χ0v) is 16.9. The van der Waals surface area contributed by atoms with E-state index in [2.05, 4.69) is 11.4 Å².